The standard InChI is InChI=1S/C19H22N2O3S2/c1-12-6-5-7-13(2)19(12)20-26(23,24)16-8-9-18-17(10-16)21(15(4)22)11-14(3)25-18/h5-10,14,20H,11H2,1-4H3/t14-/m0/s1. The van der Waals surface area contributed by atoms with Crippen LogP contribution in [0.15, 0.2) is 46.2 Å². The maximum absolute atomic E-state index is 12.9. The number of hydrogen-bond acceptors (Lipinski definition) is 4. The number of sulfonamides is 1. The second-order valence-corrected chi connectivity index (χ2v) is 9.72. The van der Waals surface area contributed by atoms with Crippen LogP contribution in [-0.2, 0) is 14.8 Å². The summed E-state index contributed by atoms with van der Waals surface area (Å²) in [5, 5.41) is 0.265. The highest BCUT2D eigenvalue weighted by molar-refractivity contribution is 8.00. The minimum absolute atomic E-state index is 0.0874. The molecule has 138 valence electrons. The lowest BCUT2D eigenvalue weighted by molar-refractivity contribution is -0.116. The lowest BCUT2D eigenvalue weighted by Gasteiger charge is -2.32. The van der Waals surface area contributed by atoms with Crippen molar-refractivity contribution in [3.63, 3.8) is 0 Å². The normalized spacial score (nSPS) is 16.9. The Morgan fingerprint density at radius 1 is 1.19 bits per heavy atom. The summed E-state index contributed by atoms with van der Waals surface area (Å²) in [5.41, 5.74) is 2.98. The van der Waals surface area contributed by atoms with Gasteiger partial charge in [0.25, 0.3) is 10.0 Å². The van der Waals surface area contributed by atoms with E-state index in [1.165, 1.54) is 6.92 Å². The van der Waals surface area contributed by atoms with Crippen LogP contribution in [0.4, 0.5) is 11.4 Å². The predicted octanol–water partition coefficient (Wildman–Crippen LogP) is 3.95. The SMILES string of the molecule is CC(=O)N1C[C@H](C)Sc2ccc(S(=O)(=O)Nc3c(C)cccc3C)cc21. The minimum Gasteiger partial charge on any atom is -0.310 e. The number of amides is 1. The first-order chi connectivity index (χ1) is 12.2. The number of aryl methyl sites for hydroxylation is 2. The van der Waals surface area contributed by atoms with E-state index in [-0.39, 0.29) is 16.1 Å². The number of thioether (sulfide) groups is 1. The average Bonchev–Trinajstić information content (AvgIpc) is 2.57. The van der Waals surface area contributed by atoms with E-state index < -0.39 is 10.0 Å². The van der Waals surface area contributed by atoms with E-state index in [2.05, 4.69) is 11.6 Å². The topological polar surface area (TPSA) is 66.5 Å². The number of nitrogens with zero attached hydrogens (tertiary/aromatic N) is 1. The summed E-state index contributed by atoms with van der Waals surface area (Å²) in [4.78, 5) is 14.7. The molecule has 5 nitrogen and oxygen atoms in total. The van der Waals surface area contributed by atoms with Crippen molar-refractivity contribution in [1.82, 2.24) is 0 Å². The summed E-state index contributed by atoms with van der Waals surface area (Å²) < 4.78 is 28.5. The molecule has 0 saturated carbocycles. The number of anilines is 2. The van der Waals surface area contributed by atoms with Gasteiger partial charge in [0.05, 0.1) is 16.3 Å². The van der Waals surface area contributed by atoms with Gasteiger partial charge < -0.3 is 4.90 Å². The third-order valence-corrected chi connectivity index (χ3v) is 6.89. The van der Waals surface area contributed by atoms with E-state index >= 15 is 0 Å². The summed E-state index contributed by atoms with van der Waals surface area (Å²) in [6.45, 7) is 7.86. The van der Waals surface area contributed by atoms with Crippen LogP contribution in [0.3, 0.4) is 0 Å². The zero-order valence-electron chi connectivity index (χ0n) is 15.2. The van der Waals surface area contributed by atoms with Crippen molar-refractivity contribution in [3.8, 4) is 0 Å². The number of hydrogen-bond donors (Lipinski definition) is 1. The predicted molar refractivity (Wildman–Crippen MR) is 107 cm³/mol. The van der Waals surface area contributed by atoms with Gasteiger partial charge >= 0.3 is 0 Å². The van der Waals surface area contributed by atoms with Gasteiger partial charge in [-0.05, 0) is 43.2 Å². The zero-order valence-corrected chi connectivity index (χ0v) is 16.9. The summed E-state index contributed by atoms with van der Waals surface area (Å²) in [7, 11) is -3.75. The monoisotopic (exact) mass is 390 g/mol. The maximum atomic E-state index is 12.9. The summed E-state index contributed by atoms with van der Waals surface area (Å²) in [6.07, 6.45) is 0. The van der Waals surface area contributed by atoms with Crippen LogP contribution in [0.2, 0.25) is 0 Å². The highest BCUT2D eigenvalue weighted by atomic mass is 32.2. The molecule has 0 saturated heterocycles. The van der Waals surface area contributed by atoms with Crippen molar-refractivity contribution in [3.05, 3.63) is 47.5 Å². The van der Waals surface area contributed by atoms with Crippen LogP contribution >= 0.6 is 11.8 Å². The molecule has 0 bridgehead atoms. The largest absolute Gasteiger partial charge is 0.310 e. The van der Waals surface area contributed by atoms with Crippen molar-refractivity contribution in [2.24, 2.45) is 0 Å². The molecule has 2 aromatic rings. The molecule has 0 aromatic heterocycles. The second-order valence-electron chi connectivity index (χ2n) is 6.56. The molecule has 1 atom stereocenters. The summed E-state index contributed by atoms with van der Waals surface area (Å²) in [5.74, 6) is -0.0874. The van der Waals surface area contributed by atoms with Crippen LogP contribution < -0.4 is 9.62 Å². The Kier molecular flexibility index (Phi) is 5.03. The van der Waals surface area contributed by atoms with Crippen LogP contribution in [-0.4, -0.2) is 26.1 Å². The van der Waals surface area contributed by atoms with Crippen LogP contribution in [0.25, 0.3) is 0 Å². The Morgan fingerprint density at radius 3 is 2.46 bits per heavy atom. The van der Waals surface area contributed by atoms with Gasteiger partial charge in [0.15, 0.2) is 0 Å². The number of carbonyl (C=O) groups is 1. The molecule has 1 aliphatic rings. The van der Waals surface area contributed by atoms with E-state index in [4.69, 9.17) is 0 Å². The number of carbonyl (C=O) groups excluding carboxylic acids is 1. The van der Waals surface area contributed by atoms with Crippen molar-refractivity contribution in [2.75, 3.05) is 16.2 Å². The molecular weight excluding hydrogens is 368 g/mol. The number of rotatable bonds is 3. The maximum Gasteiger partial charge on any atom is 0.261 e. The number of benzene rings is 2. The molecule has 0 unspecified atom stereocenters. The molecule has 1 aliphatic heterocycles. The summed E-state index contributed by atoms with van der Waals surface area (Å²) in [6, 6.07) is 10.6. The fourth-order valence-corrected chi connectivity index (χ4v) is 5.37. The van der Waals surface area contributed by atoms with Gasteiger partial charge in [0, 0.05) is 23.6 Å². The van der Waals surface area contributed by atoms with E-state index in [1.807, 2.05) is 32.0 Å². The van der Waals surface area contributed by atoms with E-state index in [1.54, 1.807) is 34.9 Å². The molecule has 7 heteroatoms. The van der Waals surface area contributed by atoms with Crippen LogP contribution in [0.5, 0.6) is 0 Å². The number of nitrogens with one attached hydrogen (secondary N) is 1. The Bertz CT molecular complexity index is 950. The van der Waals surface area contributed by atoms with Crippen LogP contribution in [0.1, 0.15) is 25.0 Å². The van der Waals surface area contributed by atoms with Gasteiger partial charge in [-0.25, -0.2) is 8.42 Å². The minimum atomic E-state index is -3.75. The molecule has 1 N–H and O–H groups in total. The van der Waals surface area contributed by atoms with Crippen LogP contribution in [0, 0.1) is 13.8 Å². The number of para-hydroxylation sites is 1. The van der Waals surface area contributed by atoms with E-state index in [0.717, 1.165) is 16.0 Å². The molecular formula is C19H22N2O3S2. The van der Waals surface area contributed by atoms with E-state index in [0.29, 0.717) is 17.9 Å². The third kappa shape index (κ3) is 3.59. The van der Waals surface area contributed by atoms with E-state index in [9.17, 15) is 13.2 Å². The first-order valence-corrected chi connectivity index (χ1v) is 10.7. The molecule has 0 radical (unpaired) electrons. The Balaban J connectivity index is 2.02. The Hall–Kier alpha value is -1.99. The Labute approximate surface area is 158 Å². The first kappa shape index (κ1) is 18.8. The lowest BCUT2D eigenvalue weighted by atomic mass is 10.1. The smallest absolute Gasteiger partial charge is 0.261 e. The highest BCUT2D eigenvalue weighted by Gasteiger charge is 2.27. The molecule has 26 heavy (non-hydrogen) atoms. The fourth-order valence-electron chi connectivity index (χ4n) is 3.05. The molecule has 1 amide bonds. The van der Waals surface area contributed by atoms with Crippen molar-refractivity contribution in [1.29, 1.82) is 0 Å². The molecule has 0 fully saturated rings. The van der Waals surface area contributed by atoms with Gasteiger partial charge in [-0.2, -0.15) is 0 Å². The molecule has 2 aromatic carbocycles. The quantitative estimate of drug-likeness (QED) is 0.862. The molecule has 0 spiro atoms. The van der Waals surface area contributed by atoms with Gasteiger partial charge in [0.1, 0.15) is 0 Å². The van der Waals surface area contributed by atoms with Crippen molar-refractivity contribution < 1.29 is 13.2 Å². The summed E-state index contributed by atoms with van der Waals surface area (Å²) >= 11 is 1.65. The van der Waals surface area contributed by atoms with Gasteiger partial charge in [-0.15, -0.1) is 11.8 Å². The first-order valence-electron chi connectivity index (χ1n) is 8.37. The lowest BCUT2D eigenvalue weighted by Crippen LogP contribution is -2.37. The third-order valence-electron chi connectivity index (χ3n) is 4.40. The second kappa shape index (κ2) is 6.96. The van der Waals surface area contributed by atoms with Gasteiger partial charge in [-0.3, -0.25) is 9.52 Å². The molecule has 3 rings (SSSR count). The zero-order chi connectivity index (χ0) is 19.1. The highest BCUT2D eigenvalue weighted by Crippen LogP contribution is 2.40. The molecule has 1 heterocycles. The number of fused-ring (bicyclic) bond motifs is 1. The fraction of sp³-hybridized carbons (Fsp3) is 0.316. The average molecular weight is 391 g/mol. The van der Waals surface area contributed by atoms with Gasteiger partial charge in [-0.1, -0.05) is 25.1 Å². The van der Waals surface area contributed by atoms with Crippen molar-refractivity contribution in [2.45, 2.75) is 42.7 Å². The van der Waals surface area contributed by atoms with Gasteiger partial charge in [0.2, 0.25) is 5.91 Å². The Morgan fingerprint density at radius 2 is 1.85 bits per heavy atom. The molecule has 0 aliphatic carbocycles. The van der Waals surface area contributed by atoms with Crippen molar-refractivity contribution >= 4 is 39.1 Å².